The summed E-state index contributed by atoms with van der Waals surface area (Å²) in [6, 6.07) is 3.90. The minimum absolute atomic E-state index is 0.0197. The first-order chi connectivity index (χ1) is 20.1. The molecule has 0 bridgehead atoms. The van der Waals surface area contributed by atoms with E-state index in [9.17, 15) is 14.9 Å². The molecule has 41 heavy (non-hydrogen) atoms. The Labute approximate surface area is 248 Å². The molecule has 1 N–H and O–H groups in total. The molecule has 2 rings (SSSR count). The van der Waals surface area contributed by atoms with Gasteiger partial charge in [-0.1, -0.05) is 103 Å². The summed E-state index contributed by atoms with van der Waals surface area (Å²) in [5.74, 6) is 0.953. The second-order valence-electron chi connectivity index (χ2n) is 11.6. The number of carbonyl (C=O) groups excluding carboxylic acids is 1. The Kier molecular flexibility index (Phi) is 19.7. The van der Waals surface area contributed by atoms with Crippen LogP contribution < -0.4 is 10.2 Å². The zero-order chi connectivity index (χ0) is 29.4. The fraction of sp³-hybridized carbons (Fsp3) is 0.812. The van der Waals surface area contributed by atoms with Crippen molar-refractivity contribution in [1.29, 1.82) is 0 Å². The minimum Gasteiger partial charge on any atom is -0.354 e. The van der Waals surface area contributed by atoms with E-state index in [0.29, 0.717) is 5.56 Å². The van der Waals surface area contributed by atoms with E-state index in [-0.39, 0.29) is 12.5 Å². The van der Waals surface area contributed by atoms with Gasteiger partial charge in [0.05, 0.1) is 12.2 Å². The topological polar surface area (TPSA) is 101 Å². The SMILES string of the molecule is CCCCN1CCN(c2ccc(C(=O)NCCCCCCCCCCCCCCCCCCO[N+](=O)[O-])cn2)CC1. The average Bonchev–Trinajstić information content (AvgIpc) is 2.99. The molecular formula is C32H57N5O4. The van der Waals surface area contributed by atoms with Crippen LogP contribution in [-0.2, 0) is 4.84 Å². The van der Waals surface area contributed by atoms with Gasteiger partial charge in [0, 0.05) is 38.9 Å². The summed E-state index contributed by atoms with van der Waals surface area (Å²) in [6.45, 7) is 8.57. The van der Waals surface area contributed by atoms with Gasteiger partial charge in [0.2, 0.25) is 0 Å². The molecule has 9 nitrogen and oxygen atoms in total. The molecule has 0 aromatic carbocycles. The second-order valence-corrected chi connectivity index (χ2v) is 11.6. The first-order valence-corrected chi connectivity index (χ1v) is 16.6. The number of amides is 1. The molecule has 1 fully saturated rings. The Balaban J connectivity index is 1.35. The van der Waals surface area contributed by atoms with Gasteiger partial charge >= 0.3 is 0 Å². The number of piperazine rings is 1. The largest absolute Gasteiger partial charge is 0.354 e. The molecule has 1 amide bonds. The highest BCUT2D eigenvalue weighted by Gasteiger charge is 2.17. The fourth-order valence-corrected chi connectivity index (χ4v) is 5.43. The molecule has 1 aliphatic heterocycles. The third-order valence-corrected chi connectivity index (χ3v) is 8.09. The van der Waals surface area contributed by atoms with E-state index >= 15 is 0 Å². The number of aromatic nitrogens is 1. The lowest BCUT2D eigenvalue weighted by Crippen LogP contribution is -2.46. The summed E-state index contributed by atoms with van der Waals surface area (Å²) in [4.78, 5) is 36.3. The molecule has 0 atom stereocenters. The predicted octanol–water partition coefficient (Wildman–Crippen LogP) is 7.18. The lowest BCUT2D eigenvalue weighted by atomic mass is 10.0. The number of nitrogens with zero attached hydrogens (tertiary/aromatic N) is 4. The number of rotatable bonds is 25. The molecule has 234 valence electrons. The van der Waals surface area contributed by atoms with E-state index in [0.717, 1.165) is 64.2 Å². The quantitative estimate of drug-likeness (QED) is 0.0748. The normalized spacial score (nSPS) is 13.8. The fourth-order valence-electron chi connectivity index (χ4n) is 5.43. The third-order valence-electron chi connectivity index (χ3n) is 8.09. The first kappa shape index (κ1) is 34.8. The highest BCUT2D eigenvalue weighted by atomic mass is 16.9. The molecular weight excluding hydrogens is 518 g/mol. The number of hydrogen-bond acceptors (Lipinski definition) is 7. The highest BCUT2D eigenvalue weighted by molar-refractivity contribution is 5.94. The number of anilines is 1. The van der Waals surface area contributed by atoms with Gasteiger partial charge < -0.3 is 15.1 Å². The number of pyridine rings is 1. The number of nitrogens with one attached hydrogen (secondary N) is 1. The molecule has 1 aromatic rings. The molecule has 0 aliphatic carbocycles. The van der Waals surface area contributed by atoms with Gasteiger partial charge in [-0.2, -0.15) is 0 Å². The standard InChI is InChI=1S/C32H57N5O4/c1-2-3-23-35-24-26-36(27-25-35)31-21-20-30(29-34-31)32(38)33-22-18-16-14-12-10-8-6-4-5-7-9-11-13-15-17-19-28-41-37(39)40/h20-21,29H,2-19,22-28H2,1H3,(H,33,38). The van der Waals surface area contributed by atoms with Crippen LogP contribution in [0.5, 0.6) is 0 Å². The molecule has 1 aromatic heterocycles. The Morgan fingerprint density at radius 1 is 0.829 bits per heavy atom. The van der Waals surface area contributed by atoms with Gasteiger partial charge in [-0.05, 0) is 37.9 Å². The smallest absolute Gasteiger partial charge is 0.294 e. The van der Waals surface area contributed by atoms with Crippen LogP contribution in [0.15, 0.2) is 18.3 Å². The van der Waals surface area contributed by atoms with Crippen LogP contribution >= 0.6 is 0 Å². The highest BCUT2D eigenvalue weighted by Crippen LogP contribution is 2.16. The Morgan fingerprint density at radius 3 is 1.85 bits per heavy atom. The molecule has 0 saturated carbocycles. The van der Waals surface area contributed by atoms with Crippen LogP contribution in [0, 0.1) is 10.1 Å². The van der Waals surface area contributed by atoms with Crippen molar-refractivity contribution in [1.82, 2.24) is 15.2 Å². The van der Waals surface area contributed by atoms with Crippen molar-refractivity contribution >= 4 is 11.7 Å². The van der Waals surface area contributed by atoms with Crippen LogP contribution in [0.1, 0.15) is 133 Å². The zero-order valence-corrected chi connectivity index (χ0v) is 25.8. The molecule has 0 radical (unpaired) electrons. The summed E-state index contributed by atoms with van der Waals surface area (Å²) >= 11 is 0. The Hall–Kier alpha value is -2.42. The Morgan fingerprint density at radius 2 is 1.37 bits per heavy atom. The van der Waals surface area contributed by atoms with Crippen molar-refractivity contribution in [2.75, 3.05) is 50.8 Å². The average molecular weight is 576 g/mol. The lowest BCUT2D eigenvalue weighted by molar-refractivity contribution is -0.757. The van der Waals surface area contributed by atoms with Crippen LogP contribution in [-0.4, -0.2) is 66.8 Å². The third kappa shape index (κ3) is 17.2. The monoisotopic (exact) mass is 575 g/mol. The van der Waals surface area contributed by atoms with Crippen molar-refractivity contribution in [3.05, 3.63) is 34.0 Å². The molecule has 0 spiro atoms. The maximum Gasteiger partial charge on any atom is 0.294 e. The van der Waals surface area contributed by atoms with Crippen LogP contribution in [0.3, 0.4) is 0 Å². The maximum atomic E-state index is 12.5. The van der Waals surface area contributed by atoms with Crippen molar-refractivity contribution in [2.24, 2.45) is 0 Å². The van der Waals surface area contributed by atoms with E-state index < -0.39 is 5.09 Å². The van der Waals surface area contributed by atoms with E-state index in [1.165, 1.54) is 96.4 Å². The van der Waals surface area contributed by atoms with Gasteiger partial charge in [-0.3, -0.25) is 9.69 Å². The van der Waals surface area contributed by atoms with E-state index in [2.05, 4.69) is 31.9 Å². The van der Waals surface area contributed by atoms with Crippen LogP contribution in [0.2, 0.25) is 0 Å². The lowest BCUT2D eigenvalue weighted by Gasteiger charge is -2.35. The van der Waals surface area contributed by atoms with Crippen LogP contribution in [0.4, 0.5) is 5.82 Å². The number of carbonyl (C=O) groups is 1. The molecule has 1 saturated heterocycles. The van der Waals surface area contributed by atoms with E-state index in [1.54, 1.807) is 6.20 Å². The summed E-state index contributed by atoms with van der Waals surface area (Å²) in [7, 11) is 0. The van der Waals surface area contributed by atoms with Crippen molar-refractivity contribution < 1.29 is 14.7 Å². The minimum atomic E-state index is -0.708. The molecule has 2 heterocycles. The van der Waals surface area contributed by atoms with E-state index in [4.69, 9.17) is 0 Å². The summed E-state index contributed by atoms with van der Waals surface area (Å²) in [6.07, 6.45) is 23.7. The zero-order valence-electron chi connectivity index (χ0n) is 25.8. The van der Waals surface area contributed by atoms with Gasteiger partial charge in [-0.15, -0.1) is 10.1 Å². The van der Waals surface area contributed by atoms with Gasteiger partial charge in [0.15, 0.2) is 0 Å². The first-order valence-electron chi connectivity index (χ1n) is 16.6. The van der Waals surface area contributed by atoms with Crippen LogP contribution in [0.25, 0.3) is 0 Å². The van der Waals surface area contributed by atoms with E-state index in [1.807, 2.05) is 12.1 Å². The van der Waals surface area contributed by atoms with Crippen molar-refractivity contribution in [2.45, 2.75) is 122 Å². The Bertz CT molecular complexity index is 800. The summed E-state index contributed by atoms with van der Waals surface area (Å²) in [5, 5.41) is 12.4. The molecule has 0 unspecified atom stereocenters. The predicted molar refractivity (Wildman–Crippen MR) is 167 cm³/mol. The van der Waals surface area contributed by atoms with Gasteiger partial charge in [-0.25, -0.2) is 4.98 Å². The number of unbranched alkanes of at least 4 members (excludes halogenated alkanes) is 16. The number of hydrogen-bond donors (Lipinski definition) is 1. The maximum absolute atomic E-state index is 12.5. The molecule has 9 heteroatoms. The van der Waals surface area contributed by atoms with Crippen molar-refractivity contribution in [3.8, 4) is 0 Å². The van der Waals surface area contributed by atoms with Crippen molar-refractivity contribution in [3.63, 3.8) is 0 Å². The van der Waals surface area contributed by atoms with Gasteiger partial charge in [0.1, 0.15) is 5.82 Å². The summed E-state index contributed by atoms with van der Waals surface area (Å²) < 4.78 is 0. The second kappa shape index (κ2) is 23.2. The summed E-state index contributed by atoms with van der Waals surface area (Å²) in [5.41, 5.74) is 0.647. The molecule has 1 aliphatic rings. The van der Waals surface area contributed by atoms with Gasteiger partial charge in [0.25, 0.3) is 11.0 Å².